The third-order valence-corrected chi connectivity index (χ3v) is 4.30. The minimum absolute atomic E-state index is 0.262. The van der Waals surface area contributed by atoms with E-state index in [4.69, 9.17) is 0 Å². The minimum Gasteiger partial charge on any atom is -0.278 e. The highest BCUT2D eigenvalue weighted by molar-refractivity contribution is 9.10. The van der Waals surface area contributed by atoms with Gasteiger partial charge in [-0.15, -0.1) is 0 Å². The molecule has 106 valence electrons. The van der Waals surface area contributed by atoms with Gasteiger partial charge in [0.2, 0.25) is 0 Å². The summed E-state index contributed by atoms with van der Waals surface area (Å²) in [6.45, 7) is 1.62. The van der Waals surface area contributed by atoms with Gasteiger partial charge in [0.05, 0.1) is 16.3 Å². The normalized spacial score (nSPS) is 11.4. The molecule has 0 saturated carbocycles. The fourth-order valence-corrected chi connectivity index (χ4v) is 3.01. The van der Waals surface area contributed by atoms with Gasteiger partial charge < -0.3 is 0 Å². The number of hydrogen-bond acceptors (Lipinski definition) is 3. The summed E-state index contributed by atoms with van der Waals surface area (Å²) in [6, 6.07) is 5.46. The first-order valence-electron chi connectivity index (χ1n) is 5.40. The first-order valence-corrected chi connectivity index (χ1v) is 7.68. The molecular weight excluding hydrogens is 354 g/mol. The number of anilines is 1. The number of benzene rings is 1. The molecule has 1 N–H and O–H groups in total. The molecule has 0 atom stereocenters. The van der Waals surface area contributed by atoms with Gasteiger partial charge >= 0.3 is 0 Å². The van der Waals surface area contributed by atoms with E-state index in [1.165, 1.54) is 6.07 Å². The Morgan fingerprint density at radius 3 is 2.45 bits per heavy atom. The van der Waals surface area contributed by atoms with Crippen molar-refractivity contribution in [1.29, 1.82) is 0 Å². The maximum atomic E-state index is 13.1. The summed E-state index contributed by atoms with van der Waals surface area (Å²) in [5.74, 6) is -2.33. The Kier molecular flexibility index (Phi) is 4.05. The quantitative estimate of drug-likeness (QED) is 0.852. The van der Waals surface area contributed by atoms with E-state index in [2.05, 4.69) is 25.6 Å². The zero-order valence-electron chi connectivity index (χ0n) is 10.2. The second kappa shape index (κ2) is 5.45. The van der Waals surface area contributed by atoms with Gasteiger partial charge in [0.15, 0.2) is 11.6 Å². The summed E-state index contributed by atoms with van der Waals surface area (Å²) < 4.78 is 52.9. The molecule has 0 fully saturated rings. The SMILES string of the molecule is Cc1nc(Br)ccc1NS(=O)(=O)c1ccc(F)c(F)c1. The Morgan fingerprint density at radius 2 is 1.85 bits per heavy atom. The maximum absolute atomic E-state index is 13.1. The highest BCUT2D eigenvalue weighted by Crippen LogP contribution is 2.21. The van der Waals surface area contributed by atoms with Crippen molar-refractivity contribution in [2.24, 2.45) is 0 Å². The van der Waals surface area contributed by atoms with E-state index in [0.717, 1.165) is 12.1 Å². The molecule has 0 amide bonds. The Balaban J connectivity index is 2.38. The van der Waals surface area contributed by atoms with Crippen LogP contribution in [0.4, 0.5) is 14.5 Å². The summed E-state index contributed by atoms with van der Waals surface area (Å²) in [5, 5.41) is 0. The number of sulfonamides is 1. The zero-order valence-corrected chi connectivity index (χ0v) is 12.6. The molecule has 2 rings (SSSR count). The lowest BCUT2D eigenvalue weighted by atomic mass is 10.3. The molecule has 0 spiro atoms. The number of halogens is 3. The van der Waals surface area contributed by atoms with Crippen LogP contribution in [0.25, 0.3) is 0 Å². The van der Waals surface area contributed by atoms with Gasteiger partial charge in [-0.25, -0.2) is 22.2 Å². The van der Waals surface area contributed by atoms with E-state index in [1.807, 2.05) is 0 Å². The molecule has 1 aromatic carbocycles. The Hall–Kier alpha value is -1.54. The van der Waals surface area contributed by atoms with Crippen molar-refractivity contribution < 1.29 is 17.2 Å². The van der Waals surface area contributed by atoms with Crippen LogP contribution in [0.2, 0.25) is 0 Å². The van der Waals surface area contributed by atoms with Gasteiger partial charge in [-0.2, -0.15) is 0 Å². The number of hydrogen-bond donors (Lipinski definition) is 1. The average Bonchev–Trinajstić information content (AvgIpc) is 2.36. The second-order valence-electron chi connectivity index (χ2n) is 3.95. The molecule has 0 unspecified atom stereocenters. The van der Waals surface area contributed by atoms with Gasteiger partial charge in [-0.1, -0.05) is 0 Å². The number of nitrogens with zero attached hydrogens (tertiary/aromatic N) is 1. The molecule has 0 aliphatic rings. The number of aromatic nitrogens is 1. The van der Waals surface area contributed by atoms with Crippen LogP contribution in [0, 0.1) is 18.6 Å². The van der Waals surface area contributed by atoms with Crippen molar-refractivity contribution >= 4 is 31.6 Å². The predicted molar refractivity (Wildman–Crippen MR) is 73.8 cm³/mol. The molecule has 0 radical (unpaired) electrons. The molecule has 0 aliphatic heterocycles. The number of nitrogens with one attached hydrogen (secondary N) is 1. The molecule has 0 bridgehead atoms. The largest absolute Gasteiger partial charge is 0.278 e. The van der Waals surface area contributed by atoms with Gasteiger partial charge in [0, 0.05) is 0 Å². The van der Waals surface area contributed by atoms with Crippen molar-refractivity contribution in [2.75, 3.05) is 4.72 Å². The van der Waals surface area contributed by atoms with Crippen LogP contribution in [0.15, 0.2) is 39.8 Å². The Labute approximate surface area is 123 Å². The summed E-state index contributed by atoms with van der Waals surface area (Å²) in [7, 11) is -4.00. The molecule has 4 nitrogen and oxygen atoms in total. The van der Waals surface area contributed by atoms with Crippen LogP contribution in [0.1, 0.15) is 5.69 Å². The predicted octanol–water partition coefficient (Wildman–Crippen LogP) is 3.23. The van der Waals surface area contributed by atoms with E-state index in [-0.39, 0.29) is 10.6 Å². The summed E-state index contributed by atoms with van der Waals surface area (Å²) in [5.41, 5.74) is 0.712. The average molecular weight is 363 g/mol. The van der Waals surface area contributed by atoms with Crippen molar-refractivity contribution in [3.05, 3.63) is 52.3 Å². The zero-order chi connectivity index (χ0) is 14.9. The fourth-order valence-electron chi connectivity index (χ4n) is 1.49. The monoisotopic (exact) mass is 362 g/mol. The van der Waals surface area contributed by atoms with E-state index in [9.17, 15) is 17.2 Å². The lowest BCUT2D eigenvalue weighted by molar-refractivity contribution is 0.504. The van der Waals surface area contributed by atoms with Crippen molar-refractivity contribution in [3.63, 3.8) is 0 Å². The van der Waals surface area contributed by atoms with Crippen molar-refractivity contribution in [3.8, 4) is 0 Å². The van der Waals surface area contributed by atoms with Crippen LogP contribution in [0.5, 0.6) is 0 Å². The van der Waals surface area contributed by atoms with Crippen LogP contribution >= 0.6 is 15.9 Å². The maximum Gasteiger partial charge on any atom is 0.262 e. The topological polar surface area (TPSA) is 59.1 Å². The first-order chi connectivity index (χ1) is 9.29. The fraction of sp³-hybridized carbons (Fsp3) is 0.0833. The highest BCUT2D eigenvalue weighted by Gasteiger charge is 2.17. The number of pyridine rings is 1. The van der Waals surface area contributed by atoms with E-state index in [1.54, 1.807) is 13.0 Å². The van der Waals surface area contributed by atoms with Crippen LogP contribution < -0.4 is 4.72 Å². The first kappa shape index (κ1) is 14.9. The van der Waals surface area contributed by atoms with Gasteiger partial charge in [0.25, 0.3) is 10.0 Å². The minimum atomic E-state index is -4.00. The van der Waals surface area contributed by atoms with E-state index in [0.29, 0.717) is 16.4 Å². The van der Waals surface area contributed by atoms with E-state index < -0.39 is 21.7 Å². The van der Waals surface area contributed by atoms with Crippen LogP contribution in [0.3, 0.4) is 0 Å². The molecule has 0 aliphatic carbocycles. The van der Waals surface area contributed by atoms with Gasteiger partial charge in [0.1, 0.15) is 4.60 Å². The molecular formula is C12H9BrF2N2O2S. The van der Waals surface area contributed by atoms with Crippen molar-refractivity contribution in [2.45, 2.75) is 11.8 Å². The second-order valence-corrected chi connectivity index (χ2v) is 6.44. The smallest absolute Gasteiger partial charge is 0.262 e. The molecule has 1 heterocycles. The van der Waals surface area contributed by atoms with Crippen LogP contribution in [-0.4, -0.2) is 13.4 Å². The Bertz CT molecular complexity index is 766. The van der Waals surface area contributed by atoms with Gasteiger partial charge in [-0.3, -0.25) is 4.72 Å². The molecule has 20 heavy (non-hydrogen) atoms. The third-order valence-electron chi connectivity index (χ3n) is 2.50. The molecule has 0 saturated heterocycles. The summed E-state index contributed by atoms with van der Waals surface area (Å²) in [4.78, 5) is 3.68. The number of rotatable bonds is 3. The summed E-state index contributed by atoms with van der Waals surface area (Å²) >= 11 is 3.16. The molecule has 8 heteroatoms. The lowest BCUT2D eigenvalue weighted by Gasteiger charge is -2.10. The number of aryl methyl sites for hydroxylation is 1. The third kappa shape index (κ3) is 3.13. The lowest BCUT2D eigenvalue weighted by Crippen LogP contribution is -2.14. The summed E-state index contributed by atoms with van der Waals surface area (Å²) in [6.07, 6.45) is 0. The molecule has 2 aromatic rings. The van der Waals surface area contributed by atoms with Crippen LogP contribution in [-0.2, 0) is 10.0 Å². The standard InChI is InChI=1S/C12H9BrF2N2O2S/c1-7-11(4-5-12(13)16-7)17-20(18,19)8-2-3-9(14)10(15)6-8/h2-6,17H,1H3. The Morgan fingerprint density at radius 1 is 1.15 bits per heavy atom. The molecule has 1 aromatic heterocycles. The van der Waals surface area contributed by atoms with Crippen molar-refractivity contribution in [1.82, 2.24) is 4.98 Å². The van der Waals surface area contributed by atoms with Gasteiger partial charge in [-0.05, 0) is 53.2 Å². The highest BCUT2D eigenvalue weighted by atomic mass is 79.9. The van der Waals surface area contributed by atoms with E-state index >= 15 is 0 Å².